The number of aromatic nitrogens is 2. The van der Waals surface area contributed by atoms with Gasteiger partial charge in [0.1, 0.15) is 6.07 Å². The van der Waals surface area contributed by atoms with Crippen molar-refractivity contribution in [2.24, 2.45) is 0 Å². The highest BCUT2D eigenvalue weighted by molar-refractivity contribution is 8.01. The molecule has 10 heteroatoms. The van der Waals surface area contributed by atoms with Crippen LogP contribution >= 0.6 is 58.5 Å². The third-order valence-corrected chi connectivity index (χ3v) is 6.43. The lowest BCUT2D eigenvalue weighted by atomic mass is 10.2. The average molecular weight is 453 g/mol. The van der Waals surface area contributed by atoms with E-state index in [0.29, 0.717) is 35.3 Å². The fourth-order valence-corrected chi connectivity index (χ4v) is 4.56. The van der Waals surface area contributed by atoms with Crippen LogP contribution < -0.4 is 5.32 Å². The van der Waals surface area contributed by atoms with Gasteiger partial charge in [-0.1, -0.05) is 58.4 Å². The zero-order valence-electron chi connectivity index (χ0n) is 13.5. The standard InChI is InChI=1S/C17H10Cl2N4OS3/c18-12-6-5-11(7-13(12)19)23-17(25)27-16(22-23)26-9-15(24)21-14-4-2-1-3-10(14)8-20/h1-7H,9H2,(H,21,24). The molecule has 1 heterocycles. The van der Waals surface area contributed by atoms with Crippen molar-refractivity contribution in [2.75, 3.05) is 11.1 Å². The molecule has 3 rings (SSSR count). The van der Waals surface area contributed by atoms with Crippen molar-refractivity contribution >= 4 is 70.1 Å². The van der Waals surface area contributed by atoms with E-state index in [-0.39, 0.29) is 11.7 Å². The Balaban J connectivity index is 1.68. The largest absolute Gasteiger partial charge is 0.324 e. The number of nitriles is 1. The summed E-state index contributed by atoms with van der Waals surface area (Å²) in [7, 11) is 0. The lowest BCUT2D eigenvalue weighted by Gasteiger charge is -2.05. The van der Waals surface area contributed by atoms with Crippen molar-refractivity contribution in [3.63, 3.8) is 0 Å². The molecule has 1 aromatic heterocycles. The first-order valence-electron chi connectivity index (χ1n) is 7.45. The van der Waals surface area contributed by atoms with Gasteiger partial charge in [0.05, 0.1) is 32.7 Å². The molecule has 0 bridgehead atoms. The lowest BCUT2D eigenvalue weighted by Crippen LogP contribution is -2.14. The Kier molecular flexibility index (Phi) is 6.52. The van der Waals surface area contributed by atoms with E-state index in [2.05, 4.69) is 10.4 Å². The Morgan fingerprint density at radius 1 is 1.30 bits per heavy atom. The minimum atomic E-state index is -0.232. The molecule has 0 aliphatic rings. The van der Waals surface area contributed by atoms with Crippen LogP contribution in [0.4, 0.5) is 5.69 Å². The van der Waals surface area contributed by atoms with Gasteiger partial charge in [0.15, 0.2) is 8.29 Å². The number of rotatable bonds is 5. The molecular weight excluding hydrogens is 443 g/mol. The number of amides is 1. The summed E-state index contributed by atoms with van der Waals surface area (Å²) in [5.41, 5.74) is 1.60. The SMILES string of the molecule is N#Cc1ccccc1NC(=O)CSc1nn(-c2ccc(Cl)c(Cl)c2)c(=S)s1. The maximum absolute atomic E-state index is 12.2. The molecular formula is C17H10Cl2N4OS3. The number of hydrogen-bond donors (Lipinski definition) is 1. The first kappa shape index (κ1) is 19.9. The molecule has 0 fully saturated rings. The Bertz CT molecular complexity index is 1100. The van der Waals surface area contributed by atoms with Gasteiger partial charge in [0, 0.05) is 0 Å². The Hall–Kier alpha value is -1.89. The van der Waals surface area contributed by atoms with Gasteiger partial charge >= 0.3 is 0 Å². The minimum absolute atomic E-state index is 0.142. The number of benzene rings is 2. The predicted octanol–water partition coefficient (Wildman–Crippen LogP) is 5.57. The fraction of sp³-hybridized carbons (Fsp3) is 0.0588. The van der Waals surface area contributed by atoms with Crippen LogP contribution in [0.5, 0.6) is 0 Å². The van der Waals surface area contributed by atoms with Crippen molar-refractivity contribution in [3.05, 3.63) is 62.0 Å². The third kappa shape index (κ3) is 4.89. The maximum atomic E-state index is 12.2. The normalized spacial score (nSPS) is 10.4. The highest BCUT2D eigenvalue weighted by atomic mass is 35.5. The van der Waals surface area contributed by atoms with E-state index in [1.54, 1.807) is 47.1 Å². The molecule has 5 nitrogen and oxygen atoms in total. The number of anilines is 1. The molecule has 0 atom stereocenters. The van der Waals surface area contributed by atoms with Crippen LogP contribution in [0, 0.1) is 15.3 Å². The van der Waals surface area contributed by atoms with Gasteiger partial charge in [0.2, 0.25) is 5.91 Å². The van der Waals surface area contributed by atoms with Crippen LogP contribution in [0.3, 0.4) is 0 Å². The van der Waals surface area contributed by atoms with Crippen LogP contribution in [0.1, 0.15) is 5.56 Å². The van der Waals surface area contributed by atoms with Crippen LogP contribution in [0.25, 0.3) is 5.69 Å². The summed E-state index contributed by atoms with van der Waals surface area (Å²) in [6.07, 6.45) is 0. The summed E-state index contributed by atoms with van der Waals surface area (Å²) in [5.74, 6) is -0.0893. The molecule has 0 aliphatic carbocycles. The number of thioether (sulfide) groups is 1. The molecule has 27 heavy (non-hydrogen) atoms. The summed E-state index contributed by atoms with van der Waals surface area (Å²) in [6.45, 7) is 0. The number of para-hydroxylation sites is 1. The minimum Gasteiger partial charge on any atom is -0.324 e. The van der Waals surface area contributed by atoms with E-state index in [9.17, 15) is 4.79 Å². The first-order chi connectivity index (χ1) is 13.0. The Labute approximate surface area is 178 Å². The second-order valence-electron chi connectivity index (χ2n) is 5.14. The molecule has 0 spiro atoms. The average Bonchev–Trinajstić information content (AvgIpc) is 3.03. The fourth-order valence-electron chi connectivity index (χ4n) is 2.10. The van der Waals surface area contributed by atoms with Crippen molar-refractivity contribution in [1.29, 1.82) is 5.26 Å². The molecule has 2 aromatic carbocycles. The van der Waals surface area contributed by atoms with E-state index >= 15 is 0 Å². The van der Waals surface area contributed by atoms with E-state index < -0.39 is 0 Å². The van der Waals surface area contributed by atoms with Crippen molar-refractivity contribution in [2.45, 2.75) is 4.34 Å². The molecule has 0 radical (unpaired) electrons. The third-order valence-electron chi connectivity index (χ3n) is 3.33. The molecule has 0 saturated heterocycles. The summed E-state index contributed by atoms with van der Waals surface area (Å²) in [4.78, 5) is 12.2. The lowest BCUT2D eigenvalue weighted by molar-refractivity contribution is -0.113. The summed E-state index contributed by atoms with van der Waals surface area (Å²) in [6, 6.07) is 14.0. The second kappa shape index (κ2) is 8.87. The Morgan fingerprint density at radius 2 is 2.07 bits per heavy atom. The van der Waals surface area contributed by atoms with Crippen molar-refractivity contribution in [3.8, 4) is 11.8 Å². The number of halogens is 2. The molecule has 136 valence electrons. The molecule has 0 saturated carbocycles. The molecule has 1 N–H and O–H groups in total. The summed E-state index contributed by atoms with van der Waals surface area (Å²) < 4.78 is 2.76. The Morgan fingerprint density at radius 3 is 2.81 bits per heavy atom. The van der Waals surface area contributed by atoms with Gasteiger partial charge in [-0.2, -0.15) is 5.26 Å². The second-order valence-corrected chi connectivity index (χ2v) is 8.80. The topological polar surface area (TPSA) is 70.7 Å². The number of carbonyl (C=O) groups is 1. The van der Waals surface area contributed by atoms with Crippen molar-refractivity contribution < 1.29 is 4.79 Å². The first-order valence-corrected chi connectivity index (χ1v) is 10.4. The molecule has 0 aliphatic heterocycles. The zero-order valence-corrected chi connectivity index (χ0v) is 17.4. The summed E-state index contributed by atoms with van der Waals surface area (Å²) >= 11 is 19.9. The monoisotopic (exact) mass is 452 g/mol. The number of nitrogens with zero attached hydrogens (tertiary/aromatic N) is 3. The quantitative estimate of drug-likeness (QED) is 0.404. The number of hydrogen-bond acceptors (Lipinski definition) is 6. The van der Waals surface area contributed by atoms with Crippen LogP contribution in [-0.4, -0.2) is 21.4 Å². The van der Waals surface area contributed by atoms with E-state index in [4.69, 9.17) is 40.7 Å². The number of carbonyl (C=O) groups excluding carboxylic acids is 1. The van der Waals surface area contributed by atoms with Gasteiger partial charge in [-0.3, -0.25) is 4.79 Å². The van der Waals surface area contributed by atoms with Crippen LogP contribution in [0.2, 0.25) is 10.0 Å². The molecule has 3 aromatic rings. The van der Waals surface area contributed by atoms with E-state index in [0.717, 1.165) is 0 Å². The van der Waals surface area contributed by atoms with Crippen molar-refractivity contribution in [1.82, 2.24) is 9.78 Å². The molecule has 0 unspecified atom stereocenters. The smallest absolute Gasteiger partial charge is 0.234 e. The van der Waals surface area contributed by atoms with Gasteiger partial charge in [-0.05, 0) is 42.5 Å². The number of nitrogens with one attached hydrogen (secondary N) is 1. The summed E-state index contributed by atoms with van der Waals surface area (Å²) in [5, 5.41) is 17.1. The van der Waals surface area contributed by atoms with Gasteiger partial charge in [0.25, 0.3) is 0 Å². The van der Waals surface area contributed by atoms with E-state index in [1.807, 2.05) is 6.07 Å². The molecule has 1 amide bonds. The highest BCUT2D eigenvalue weighted by Crippen LogP contribution is 2.28. The predicted molar refractivity (Wildman–Crippen MR) is 113 cm³/mol. The highest BCUT2D eigenvalue weighted by Gasteiger charge is 2.11. The van der Waals surface area contributed by atoms with Gasteiger partial charge in [-0.15, -0.1) is 5.10 Å². The van der Waals surface area contributed by atoms with Gasteiger partial charge in [-0.25, -0.2) is 4.68 Å². The van der Waals surface area contributed by atoms with E-state index in [1.165, 1.54) is 23.1 Å². The van der Waals surface area contributed by atoms with Crippen LogP contribution in [0.15, 0.2) is 46.8 Å². The van der Waals surface area contributed by atoms with Gasteiger partial charge < -0.3 is 5.32 Å². The maximum Gasteiger partial charge on any atom is 0.234 e. The zero-order chi connectivity index (χ0) is 19.4. The van der Waals surface area contributed by atoms with Crippen LogP contribution in [-0.2, 0) is 4.79 Å².